The molecule has 0 bridgehead atoms. The number of nitrogens with two attached hydrogens (primary N) is 1. The molecule has 118 valence electrons. The van der Waals surface area contributed by atoms with E-state index in [9.17, 15) is 9.59 Å². The van der Waals surface area contributed by atoms with Crippen LogP contribution >= 0.6 is 0 Å². The number of carbonyl (C=O) groups is 2. The fraction of sp³-hybridized carbons (Fsp3) is 0.375. The van der Waals surface area contributed by atoms with Gasteiger partial charge in [0.05, 0.1) is 6.42 Å². The van der Waals surface area contributed by atoms with E-state index in [4.69, 9.17) is 10.8 Å². The van der Waals surface area contributed by atoms with Crippen LogP contribution in [0.25, 0.3) is 10.9 Å². The van der Waals surface area contributed by atoms with Crippen LogP contribution in [0.15, 0.2) is 30.5 Å². The Balaban J connectivity index is 1.71. The number of aromatic nitrogens is 1. The molecule has 6 nitrogen and oxygen atoms in total. The van der Waals surface area contributed by atoms with E-state index in [1.165, 1.54) is 0 Å². The van der Waals surface area contributed by atoms with Gasteiger partial charge in [-0.05, 0) is 30.9 Å². The maximum Gasteiger partial charge on any atom is 0.320 e. The van der Waals surface area contributed by atoms with Crippen LogP contribution in [0.1, 0.15) is 24.8 Å². The molecule has 1 unspecified atom stereocenters. The van der Waals surface area contributed by atoms with Gasteiger partial charge in [-0.3, -0.25) is 9.59 Å². The smallest absolute Gasteiger partial charge is 0.320 e. The molecule has 0 radical (unpaired) electrons. The Labute approximate surface area is 128 Å². The van der Waals surface area contributed by atoms with E-state index < -0.39 is 12.0 Å². The number of para-hydroxylation sites is 1. The average Bonchev–Trinajstić information content (AvgIpc) is 2.90. The number of carbonyl (C=O) groups excluding carboxylic acids is 1. The van der Waals surface area contributed by atoms with Gasteiger partial charge < -0.3 is 21.1 Å². The molecule has 0 saturated carbocycles. The molecule has 0 aliphatic heterocycles. The third kappa shape index (κ3) is 4.33. The van der Waals surface area contributed by atoms with E-state index in [1.54, 1.807) is 0 Å². The number of aromatic amines is 1. The molecule has 0 fully saturated rings. The van der Waals surface area contributed by atoms with Crippen molar-refractivity contribution in [2.75, 3.05) is 6.54 Å². The Morgan fingerprint density at radius 3 is 2.82 bits per heavy atom. The van der Waals surface area contributed by atoms with E-state index in [0.29, 0.717) is 25.8 Å². The highest BCUT2D eigenvalue weighted by atomic mass is 16.4. The van der Waals surface area contributed by atoms with Gasteiger partial charge in [-0.2, -0.15) is 0 Å². The molecule has 0 aliphatic carbocycles. The summed E-state index contributed by atoms with van der Waals surface area (Å²) < 4.78 is 0. The highest BCUT2D eigenvalue weighted by molar-refractivity contribution is 5.88. The first kappa shape index (κ1) is 16.0. The van der Waals surface area contributed by atoms with Crippen molar-refractivity contribution in [3.8, 4) is 0 Å². The number of benzene rings is 1. The Bertz CT molecular complexity index is 651. The average molecular weight is 303 g/mol. The first-order valence-electron chi connectivity index (χ1n) is 7.38. The molecule has 22 heavy (non-hydrogen) atoms. The van der Waals surface area contributed by atoms with Crippen molar-refractivity contribution >= 4 is 22.8 Å². The topological polar surface area (TPSA) is 108 Å². The summed E-state index contributed by atoms with van der Waals surface area (Å²) in [6, 6.07) is 7.04. The van der Waals surface area contributed by atoms with Crippen LogP contribution in [-0.4, -0.2) is 34.6 Å². The maximum atomic E-state index is 11.9. The molecule has 2 aromatic rings. The number of amides is 1. The van der Waals surface area contributed by atoms with E-state index >= 15 is 0 Å². The summed E-state index contributed by atoms with van der Waals surface area (Å²) >= 11 is 0. The van der Waals surface area contributed by atoms with Crippen molar-refractivity contribution in [1.82, 2.24) is 10.3 Å². The summed E-state index contributed by atoms with van der Waals surface area (Å²) in [6.07, 6.45) is 4.02. The van der Waals surface area contributed by atoms with Gasteiger partial charge in [-0.25, -0.2) is 0 Å². The Hall–Kier alpha value is -2.34. The zero-order chi connectivity index (χ0) is 15.9. The number of unbranched alkanes of at least 4 members (excludes halogenated alkanes) is 1. The van der Waals surface area contributed by atoms with Crippen LogP contribution < -0.4 is 11.1 Å². The molecule has 0 spiro atoms. The predicted molar refractivity (Wildman–Crippen MR) is 84.5 cm³/mol. The Morgan fingerprint density at radius 1 is 1.27 bits per heavy atom. The van der Waals surface area contributed by atoms with Gasteiger partial charge in [0, 0.05) is 23.6 Å². The van der Waals surface area contributed by atoms with E-state index in [0.717, 1.165) is 22.9 Å². The number of H-pyrrole nitrogens is 1. The lowest BCUT2D eigenvalue weighted by Gasteiger charge is -2.07. The van der Waals surface area contributed by atoms with E-state index in [-0.39, 0.29) is 5.91 Å². The van der Waals surface area contributed by atoms with Crippen molar-refractivity contribution in [1.29, 1.82) is 0 Å². The minimum atomic E-state index is -0.983. The predicted octanol–water partition coefficient (Wildman–Crippen LogP) is 1.41. The molecule has 1 amide bonds. The van der Waals surface area contributed by atoms with Gasteiger partial charge in [-0.1, -0.05) is 18.2 Å². The SMILES string of the molecule is NC(CCCCNC(=O)Cc1c[nH]c2ccccc12)C(=O)O. The molecule has 1 heterocycles. The molecule has 1 aromatic carbocycles. The normalized spacial score (nSPS) is 12.2. The summed E-state index contributed by atoms with van der Waals surface area (Å²) in [7, 11) is 0. The van der Waals surface area contributed by atoms with Crippen LogP contribution in [0.2, 0.25) is 0 Å². The van der Waals surface area contributed by atoms with Gasteiger partial charge in [-0.15, -0.1) is 0 Å². The number of nitrogens with one attached hydrogen (secondary N) is 2. The Kier molecular flexibility index (Phi) is 5.55. The molecule has 2 rings (SSSR count). The second-order valence-corrected chi connectivity index (χ2v) is 5.33. The summed E-state index contributed by atoms with van der Waals surface area (Å²) in [5, 5.41) is 12.6. The molecular weight excluding hydrogens is 282 g/mol. The molecule has 0 saturated heterocycles. The van der Waals surface area contributed by atoms with Gasteiger partial charge in [0.1, 0.15) is 6.04 Å². The van der Waals surface area contributed by atoms with Crippen LogP contribution in [0.4, 0.5) is 0 Å². The van der Waals surface area contributed by atoms with Crippen LogP contribution in [0.3, 0.4) is 0 Å². The Morgan fingerprint density at radius 2 is 2.05 bits per heavy atom. The molecule has 5 N–H and O–H groups in total. The number of fused-ring (bicyclic) bond motifs is 1. The van der Waals surface area contributed by atoms with Crippen molar-refractivity contribution in [3.05, 3.63) is 36.0 Å². The number of carboxylic acid groups (broad SMARTS) is 1. The van der Waals surface area contributed by atoms with Gasteiger partial charge >= 0.3 is 5.97 Å². The first-order valence-corrected chi connectivity index (χ1v) is 7.38. The number of hydrogen-bond donors (Lipinski definition) is 4. The molecular formula is C16H21N3O3. The lowest BCUT2D eigenvalue weighted by Crippen LogP contribution is -2.30. The lowest BCUT2D eigenvalue weighted by molar-refractivity contribution is -0.138. The minimum absolute atomic E-state index is 0.0349. The van der Waals surface area contributed by atoms with Crippen molar-refractivity contribution in [2.24, 2.45) is 5.73 Å². The molecule has 1 atom stereocenters. The van der Waals surface area contributed by atoms with Crippen molar-refractivity contribution in [2.45, 2.75) is 31.7 Å². The third-order valence-corrected chi connectivity index (χ3v) is 3.61. The summed E-state index contributed by atoms with van der Waals surface area (Å²) in [4.78, 5) is 25.6. The fourth-order valence-corrected chi connectivity index (χ4v) is 2.35. The summed E-state index contributed by atoms with van der Waals surface area (Å²) in [6.45, 7) is 0.535. The number of aliphatic carboxylic acids is 1. The highest BCUT2D eigenvalue weighted by Crippen LogP contribution is 2.17. The lowest BCUT2D eigenvalue weighted by atomic mass is 10.1. The largest absolute Gasteiger partial charge is 0.480 e. The second kappa shape index (κ2) is 7.61. The van der Waals surface area contributed by atoms with Crippen molar-refractivity contribution < 1.29 is 14.7 Å². The standard InChI is InChI=1S/C16H21N3O3/c17-13(16(21)22)6-3-4-8-18-15(20)9-11-10-19-14-7-2-1-5-12(11)14/h1-2,5,7,10,13,19H,3-4,6,8-9,17H2,(H,18,20)(H,21,22). The number of hydrogen-bond acceptors (Lipinski definition) is 3. The van der Waals surface area contributed by atoms with Gasteiger partial charge in [0.2, 0.25) is 5.91 Å². The molecule has 0 aliphatic rings. The maximum absolute atomic E-state index is 11.9. The van der Waals surface area contributed by atoms with E-state index in [1.807, 2.05) is 30.5 Å². The number of rotatable bonds is 8. The quantitative estimate of drug-likeness (QED) is 0.553. The zero-order valence-corrected chi connectivity index (χ0v) is 12.3. The number of carboxylic acids is 1. The first-order chi connectivity index (χ1) is 10.6. The summed E-state index contributed by atoms with van der Waals surface area (Å²) in [5.41, 5.74) is 7.41. The van der Waals surface area contributed by atoms with Gasteiger partial charge in [0.15, 0.2) is 0 Å². The van der Waals surface area contributed by atoms with Crippen LogP contribution in [0, 0.1) is 0 Å². The van der Waals surface area contributed by atoms with Gasteiger partial charge in [0.25, 0.3) is 0 Å². The third-order valence-electron chi connectivity index (χ3n) is 3.61. The molecule has 1 aromatic heterocycles. The van der Waals surface area contributed by atoms with Crippen molar-refractivity contribution in [3.63, 3.8) is 0 Å². The zero-order valence-electron chi connectivity index (χ0n) is 12.3. The molecule has 6 heteroatoms. The highest BCUT2D eigenvalue weighted by Gasteiger charge is 2.11. The monoisotopic (exact) mass is 303 g/mol. The summed E-state index contributed by atoms with van der Waals surface area (Å²) in [5.74, 6) is -1.02. The minimum Gasteiger partial charge on any atom is -0.480 e. The second-order valence-electron chi connectivity index (χ2n) is 5.33. The fourth-order valence-electron chi connectivity index (χ4n) is 2.35. The van der Waals surface area contributed by atoms with E-state index in [2.05, 4.69) is 10.3 Å². The van der Waals surface area contributed by atoms with Crippen LogP contribution in [-0.2, 0) is 16.0 Å². The van der Waals surface area contributed by atoms with Crippen LogP contribution in [0.5, 0.6) is 0 Å².